The van der Waals surface area contributed by atoms with Crippen LogP contribution in [0.1, 0.15) is 37.7 Å². The number of halogens is 3. The van der Waals surface area contributed by atoms with Crippen molar-refractivity contribution in [2.24, 2.45) is 5.73 Å². The number of nitrogens with one attached hydrogen (secondary N) is 2. The molecule has 0 saturated carbocycles. The molecule has 0 aromatic heterocycles. The van der Waals surface area contributed by atoms with Gasteiger partial charge in [0.25, 0.3) is 0 Å². The lowest BCUT2D eigenvalue weighted by molar-refractivity contribution is 0.562. The highest BCUT2D eigenvalue weighted by Gasteiger charge is 1.99. The van der Waals surface area contributed by atoms with Gasteiger partial charge < -0.3 is 16.4 Å². The molecule has 156 valence electrons. The van der Waals surface area contributed by atoms with Gasteiger partial charge in [-0.2, -0.15) is 0 Å². The summed E-state index contributed by atoms with van der Waals surface area (Å²) < 4.78 is 0. The van der Waals surface area contributed by atoms with Gasteiger partial charge in [-0.15, -0.1) is 37.2 Å². The summed E-state index contributed by atoms with van der Waals surface area (Å²) in [6, 6.07) is 15.3. The van der Waals surface area contributed by atoms with E-state index in [2.05, 4.69) is 53.1 Å². The van der Waals surface area contributed by atoms with Crippen LogP contribution in [0, 0.1) is 0 Å². The SMILES string of the molecule is Cl.Cl.Cl.NCCCCNCCCCNCCCc1cccc2ccccc12. The van der Waals surface area contributed by atoms with Crippen molar-refractivity contribution < 1.29 is 0 Å². The molecule has 0 saturated heterocycles. The van der Waals surface area contributed by atoms with E-state index in [1.807, 2.05) is 0 Å². The van der Waals surface area contributed by atoms with Gasteiger partial charge in [0.2, 0.25) is 0 Å². The Balaban J connectivity index is 0. The maximum atomic E-state index is 5.48. The molecule has 0 bridgehead atoms. The molecule has 0 radical (unpaired) electrons. The van der Waals surface area contributed by atoms with Crippen molar-refractivity contribution in [3.05, 3.63) is 48.0 Å². The molecule has 2 aromatic rings. The molecule has 3 nitrogen and oxygen atoms in total. The summed E-state index contributed by atoms with van der Waals surface area (Å²) in [4.78, 5) is 0. The van der Waals surface area contributed by atoms with Crippen LogP contribution in [0.15, 0.2) is 42.5 Å². The molecule has 0 atom stereocenters. The Kier molecular flexibility index (Phi) is 20.0. The molecule has 2 rings (SSSR count). The van der Waals surface area contributed by atoms with Crippen LogP contribution in [0.5, 0.6) is 0 Å². The van der Waals surface area contributed by atoms with E-state index in [9.17, 15) is 0 Å². The third-order valence-electron chi connectivity index (χ3n) is 4.44. The minimum Gasteiger partial charge on any atom is -0.330 e. The monoisotopic (exact) mass is 435 g/mol. The normalized spacial score (nSPS) is 9.96. The third-order valence-corrected chi connectivity index (χ3v) is 4.44. The van der Waals surface area contributed by atoms with E-state index in [1.165, 1.54) is 42.0 Å². The predicted molar refractivity (Wildman–Crippen MR) is 127 cm³/mol. The van der Waals surface area contributed by atoms with Gasteiger partial charge >= 0.3 is 0 Å². The van der Waals surface area contributed by atoms with E-state index in [4.69, 9.17) is 5.73 Å². The Labute approximate surface area is 183 Å². The number of benzene rings is 2. The Morgan fingerprint density at radius 2 is 1.19 bits per heavy atom. The number of fused-ring (bicyclic) bond motifs is 1. The number of hydrogen-bond donors (Lipinski definition) is 3. The maximum Gasteiger partial charge on any atom is -0.00457 e. The summed E-state index contributed by atoms with van der Waals surface area (Å²) in [6.07, 6.45) is 7.17. The topological polar surface area (TPSA) is 50.1 Å². The smallest absolute Gasteiger partial charge is 0.00457 e. The molecule has 0 aliphatic carbocycles. The van der Waals surface area contributed by atoms with Crippen molar-refractivity contribution in [3.8, 4) is 0 Å². The Hall–Kier alpha value is -0.550. The molecule has 0 unspecified atom stereocenters. The minimum atomic E-state index is 0. The zero-order valence-corrected chi connectivity index (χ0v) is 18.6. The Morgan fingerprint density at radius 1 is 0.630 bits per heavy atom. The standard InChI is InChI=1S/C21H33N3.3ClH/c22-14-3-4-15-23-16-5-6-17-24-18-8-12-20-11-7-10-19-9-1-2-13-21(19)20;;;/h1-2,7,9-11,13,23-24H,3-6,8,12,14-18,22H2;3*1H. The van der Waals surface area contributed by atoms with Crippen molar-refractivity contribution in [2.75, 3.05) is 32.7 Å². The van der Waals surface area contributed by atoms with Crippen molar-refractivity contribution >= 4 is 48.0 Å². The molecule has 27 heavy (non-hydrogen) atoms. The van der Waals surface area contributed by atoms with E-state index in [0.717, 1.165) is 45.6 Å². The molecule has 0 heterocycles. The highest BCUT2D eigenvalue weighted by atomic mass is 35.5. The van der Waals surface area contributed by atoms with E-state index in [0.29, 0.717) is 0 Å². The van der Waals surface area contributed by atoms with Crippen molar-refractivity contribution in [2.45, 2.75) is 38.5 Å². The first kappa shape index (κ1) is 28.7. The highest BCUT2D eigenvalue weighted by molar-refractivity contribution is 5.86. The molecule has 6 heteroatoms. The average molecular weight is 437 g/mol. The Bertz CT molecular complexity index is 576. The lowest BCUT2D eigenvalue weighted by Gasteiger charge is -2.08. The fourth-order valence-electron chi connectivity index (χ4n) is 3.06. The Morgan fingerprint density at radius 3 is 1.85 bits per heavy atom. The van der Waals surface area contributed by atoms with Crippen LogP contribution < -0.4 is 16.4 Å². The fourth-order valence-corrected chi connectivity index (χ4v) is 3.06. The van der Waals surface area contributed by atoms with Gasteiger partial charge in [0, 0.05) is 0 Å². The van der Waals surface area contributed by atoms with Gasteiger partial charge in [-0.1, -0.05) is 42.5 Å². The summed E-state index contributed by atoms with van der Waals surface area (Å²) in [6.45, 7) is 5.27. The van der Waals surface area contributed by atoms with E-state index in [-0.39, 0.29) is 37.2 Å². The van der Waals surface area contributed by atoms with Crippen molar-refractivity contribution in [3.63, 3.8) is 0 Å². The number of unbranched alkanes of at least 4 members (excludes halogenated alkanes) is 2. The molecule has 4 N–H and O–H groups in total. The second kappa shape index (κ2) is 18.8. The average Bonchev–Trinajstić information content (AvgIpc) is 2.63. The molecule has 0 aliphatic heterocycles. The molecular formula is C21H36Cl3N3. The van der Waals surface area contributed by atoms with Crippen LogP contribution in [0.2, 0.25) is 0 Å². The molecule has 0 amide bonds. The van der Waals surface area contributed by atoms with Gasteiger partial charge in [-0.05, 0) is 87.6 Å². The van der Waals surface area contributed by atoms with Gasteiger partial charge in [0.1, 0.15) is 0 Å². The van der Waals surface area contributed by atoms with Gasteiger partial charge in [0.15, 0.2) is 0 Å². The number of hydrogen-bond acceptors (Lipinski definition) is 3. The quantitative estimate of drug-likeness (QED) is 0.398. The first-order chi connectivity index (χ1) is 11.9. The zero-order valence-electron chi connectivity index (χ0n) is 16.1. The van der Waals surface area contributed by atoms with E-state index >= 15 is 0 Å². The number of nitrogens with two attached hydrogens (primary N) is 1. The first-order valence-electron chi connectivity index (χ1n) is 9.50. The minimum absolute atomic E-state index is 0. The van der Waals surface area contributed by atoms with Crippen LogP contribution in [-0.2, 0) is 6.42 Å². The van der Waals surface area contributed by atoms with Gasteiger partial charge in [-0.25, -0.2) is 0 Å². The summed E-state index contributed by atoms with van der Waals surface area (Å²) in [7, 11) is 0. The highest BCUT2D eigenvalue weighted by Crippen LogP contribution is 2.19. The summed E-state index contributed by atoms with van der Waals surface area (Å²) in [5.41, 5.74) is 6.95. The van der Waals surface area contributed by atoms with Crippen molar-refractivity contribution in [1.29, 1.82) is 0 Å². The van der Waals surface area contributed by atoms with Crippen LogP contribution in [-0.4, -0.2) is 32.7 Å². The van der Waals surface area contributed by atoms with Crippen LogP contribution >= 0.6 is 37.2 Å². The first-order valence-corrected chi connectivity index (χ1v) is 9.50. The van der Waals surface area contributed by atoms with Crippen LogP contribution in [0.25, 0.3) is 10.8 Å². The van der Waals surface area contributed by atoms with E-state index < -0.39 is 0 Å². The number of rotatable bonds is 13. The summed E-state index contributed by atoms with van der Waals surface area (Å²) in [5, 5.41) is 9.80. The molecule has 0 spiro atoms. The maximum absolute atomic E-state index is 5.48. The fraction of sp³-hybridized carbons (Fsp3) is 0.524. The predicted octanol–water partition coefficient (Wildman–Crippen LogP) is 4.74. The summed E-state index contributed by atoms with van der Waals surface area (Å²) in [5.74, 6) is 0. The lowest BCUT2D eigenvalue weighted by atomic mass is 10.0. The largest absolute Gasteiger partial charge is 0.330 e. The van der Waals surface area contributed by atoms with Gasteiger partial charge in [-0.3, -0.25) is 0 Å². The number of aryl methyl sites for hydroxylation is 1. The van der Waals surface area contributed by atoms with Crippen LogP contribution in [0.3, 0.4) is 0 Å². The molecular weight excluding hydrogens is 401 g/mol. The molecule has 2 aromatic carbocycles. The zero-order chi connectivity index (χ0) is 16.9. The second-order valence-electron chi connectivity index (χ2n) is 6.44. The second-order valence-corrected chi connectivity index (χ2v) is 6.44. The molecule has 0 aliphatic rings. The van der Waals surface area contributed by atoms with E-state index in [1.54, 1.807) is 0 Å². The third kappa shape index (κ3) is 11.8. The van der Waals surface area contributed by atoms with Gasteiger partial charge in [0.05, 0.1) is 0 Å². The van der Waals surface area contributed by atoms with Crippen molar-refractivity contribution in [1.82, 2.24) is 10.6 Å². The summed E-state index contributed by atoms with van der Waals surface area (Å²) >= 11 is 0. The molecule has 0 fully saturated rings. The van der Waals surface area contributed by atoms with Crippen LogP contribution in [0.4, 0.5) is 0 Å². The lowest BCUT2D eigenvalue weighted by Crippen LogP contribution is -2.21.